The van der Waals surface area contributed by atoms with Crippen molar-refractivity contribution in [1.82, 2.24) is 0 Å². The molecule has 3 heteroatoms. The zero-order chi connectivity index (χ0) is 12.3. The molecule has 0 radical (unpaired) electrons. The van der Waals surface area contributed by atoms with Gasteiger partial charge in [-0.3, -0.25) is 0 Å². The quantitative estimate of drug-likeness (QED) is 0.679. The molecule has 0 amide bonds. The number of benzene rings is 1. The highest BCUT2D eigenvalue weighted by Crippen LogP contribution is 2.34. The van der Waals surface area contributed by atoms with Crippen LogP contribution in [0.3, 0.4) is 0 Å². The van der Waals surface area contributed by atoms with Gasteiger partial charge in [-0.2, -0.15) is 0 Å². The Morgan fingerprint density at radius 3 is 3.00 bits per heavy atom. The van der Waals surface area contributed by atoms with Crippen molar-refractivity contribution in [2.24, 2.45) is 0 Å². The maximum atomic E-state index is 5.74. The van der Waals surface area contributed by atoms with Gasteiger partial charge in [-0.05, 0) is 48.9 Å². The van der Waals surface area contributed by atoms with Gasteiger partial charge in [0.25, 0.3) is 0 Å². The SMILES string of the molecule is CCC(Br)CCCc1cc(Br)cc2c1OCC2. The Morgan fingerprint density at radius 2 is 2.24 bits per heavy atom. The Hall–Kier alpha value is -0.0200. The lowest BCUT2D eigenvalue weighted by atomic mass is 10.0. The lowest BCUT2D eigenvalue weighted by Crippen LogP contribution is -1.98. The van der Waals surface area contributed by atoms with E-state index in [1.165, 1.54) is 34.9 Å². The number of halogens is 2. The Labute approximate surface area is 120 Å². The van der Waals surface area contributed by atoms with Gasteiger partial charge < -0.3 is 4.74 Å². The minimum atomic E-state index is 0.656. The molecule has 0 aliphatic carbocycles. The van der Waals surface area contributed by atoms with E-state index >= 15 is 0 Å². The summed E-state index contributed by atoms with van der Waals surface area (Å²) in [6.07, 6.45) is 5.82. The molecule has 1 aliphatic heterocycles. The van der Waals surface area contributed by atoms with E-state index in [0.717, 1.165) is 25.2 Å². The van der Waals surface area contributed by atoms with E-state index in [1.54, 1.807) is 0 Å². The molecule has 0 N–H and O–H groups in total. The van der Waals surface area contributed by atoms with E-state index in [4.69, 9.17) is 4.74 Å². The minimum Gasteiger partial charge on any atom is -0.493 e. The molecule has 0 spiro atoms. The lowest BCUT2D eigenvalue weighted by molar-refractivity contribution is 0.353. The smallest absolute Gasteiger partial charge is 0.125 e. The molecule has 1 aromatic rings. The van der Waals surface area contributed by atoms with Crippen LogP contribution in [0.25, 0.3) is 0 Å². The van der Waals surface area contributed by atoms with Crippen molar-refractivity contribution in [2.75, 3.05) is 6.61 Å². The van der Waals surface area contributed by atoms with Gasteiger partial charge in [0.1, 0.15) is 5.75 Å². The van der Waals surface area contributed by atoms with Crippen LogP contribution in [-0.2, 0) is 12.8 Å². The molecule has 0 saturated carbocycles. The average molecular weight is 362 g/mol. The predicted molar refractivity (Wildman–Crippen MR) is 79.3 cm³/mol. The van der Waals surface area contributed by atoms with E-state index in [9.17, 15) is 0 Å². The summed E-state index contributed by atoms with van der Waals surface area (Å²) in [5.41, 5.74) is 2.72. The van der Waals surface area contributed by atoms with Gasteiger partial charge in [-0.1, -0.05) is 38.8 Å². The van der Waals surface area contributed by atoms with Crippen LogP contribution >= 0.6 is 31.9 Å². The van der Waals surface area contributed by atoms with Crippen molar-refractivity contribution >= 4 is 31.9 Å². The average Bonchev–Trinajstić information content (AvgIpc) is 2.76. The number of aryl methyl sites for hydroxylation is 1. The third kappa shape index (κ3) is 3.47. The Morgan fingerprint density at radius 1 is 1.41 bits per heavy atom. The van der Waals surface area contributed by atoms with Gasteiger partial charge in [0.05, 0.1) is 6.61 Å². The number of rotatable bonds is 5. The Balaban J connectivity index is 2.01. The molecule has 0 fully saturated rings. The summed E-state index contributed by atoms with van der Waals surface area (Å²) in [5, 5.41) is 0. The standard InChI is InChI=1S/C14H18Br2O/c1-2-12(15)5-3-4-10-8-13(16)9-11-6-7-17-14(10)11/h8-9,12H,2-7H2,1H3. The number of alkyl halides is 1. The minimum absolute atomic E-state index is 0.656. The first kappa shape index (κ1) is 13.4. The highest BCUT2D eigenvalue weighted by Gasteiger charge is 2.17. The zero-order valence-corrected chi connectivity index (χ0v) is 13.3. The summed E-state index contributed by atoms with van der Waals surface area (Å²) in [6.45, 7) is 3.06. The fraction of sp³-hybridized carbons (Fsp3) is 0.571. The summed E-state index contributed by atoms with van der Waals surface area (Å²) >= 11 is 7.27. The van der Waals surface area contributed by atoms with Crippen LogP contribution in [0.2, 0.25) is 0 Å². The van der Waals surface area contributed by atoms with Gasteiger partial charge in [0, 0.05) is 15.7 Å². The first-order chi connectivity index (χ1) is 8.20. The van der Waals surface area contributed by atoms with Gasteiger partial charge in [-0.25, -0.2) is 0 Å². The monoisotopic (exact) mass is 360 g/mol. The van der Waals surface area contributed by atoms with Crippen LogP contribution in [0, 0.1) is 0 Å². The molecule has 0 bridgehead atoms. The van der Waals surface area contributed by atoms with Crippen molar-refractivity contribution < 1.29 is 4.74 Å². The molecule has 1 heterocycles. The lowest BCUT2D eigenvalue weighted by Gasteiger charge is -2.10. The summed E-state index contributed by atoms with van der Waals surface area (Å²) < 4.78 is 6.92. The molecular weight excluding hydrogens is 344 g/mol. The number of hydrogen-bond acceptors (Lipinski definition) is 1. The maximum Gasteiger partial charge on any atom is 0.125 e. The second kappa shape index (κ2) is 6.24. The van der Waals surface area contributed by atoms with E-state index in [-0.39, 0.29) is 0 Å². The van der Waals surface area contributed by atoms with Crippen LogP contribution in [0.1, 0.15) is 37.3 Å². The molecule has 1 aromatic carbocycles. The van der Waals surface area contributed by atoms with Gasteiger partial charge in [-0.15, -0.1) is 0 Å². The molecule has 0 aromatic heterocycles. The van der Waals surface area contributed by atoms with Crippen molar-refractivity contribution in [1.29, 1.82) is 0 Å². The second-order valence-corrected chi connectivity index (χ2v) is 6.76. The molecule has 2 rings (SSSR count). The summed E-state index contributed by atoms with van der Waals surface area (Å²) in [4.78, 5) is 0.656. The van der Waals surface area contributed by atoms with Crippen molar-refractivity contribution in [3.05, 3.63) is 27.7 Å². The van der Waals surface area contributed by atoms with Crippen LogP contribution in [0.5, 0.6) is 5.75 Å². The summed E-state index contributed by atoms with van der Waals surface area (Å²) in [7, 11) is 0. The van der Waals surface area contributed by atoms with E-state index in [2.05, 4.69) is 50.9 Å². The van der Waals surface area contributed by atoms with Gasteiger partial charge >= 0.3 is 0 Å². The fourth-order valence-corrected chi connectivity index (χ4v) is 3.13. The van der Waals surface area contributed by atoms with Crippen molar-refractivity contribution in [3.63, 3.8) is 0 Å². The van der Waals surface area contributed by atoms with E-state index in [0.29, 0.717) is 4.83 Å². The van der Waals surface area contributed by atoms with Crippen LogP contribution in [-0.4, -0.2) is 11.4 Å². The molecular formula is C14H18Br2O. The number of hydrogen-bond donors (Lipinski definition) is 0. The molecule has 94 valence electrons. The number of fused-ring (bicyclic) bond motifs is 1. The first-order valence-corrected chi connectivity index (χ1v) is 7.99. The molecule has 1 atom stereocenters. The van der Waals surface area contributed by atoms with Gasteiger partial charge in [0.15, 0.2) is 0 Å². The molecule has 1 nitrogen and oxygen atoms in total. The topological polar surface area (TPSA) is 9.23 Å². The Bertz CT molecular complexity index is 390. The molecule has 1 aliphatic rings. The van der Waals surface area contributed by atoms with Crippen molar-refractivity contribution in [2.45, 2.75) is 43.9 Å². The normalized spacial score (nSPS) is 15.5. The van der Waals surface area contributed by atoms with E-state index in [1.807, 2.05) is 0 Å². The van der Waals surface area contributed by atoms with E-state index < -0.39 is 0 Å². The summed E-state index contributed by atoms with van der Waals surface area (Å²) in [5.74, 6) is 1.15. The number of ether oxygens (including phenoxy) is 1. The highest BCUT2D eigenvalue weighted by atomic mass is 79.9. The predicted octanol–water partition coefficient (Wildman–Crippen LogP) is 4.88. The van der Waals surface area contributed by atoms with Crippen LogP contribution < -0.4 is 4.74 Å². The second-order valence-electron chi connectivity index (χ2n) is 4.55. The summed E-state index contributed by atoms with van der Waals surface area (Å²) in [6, 6.07) is 4.39. The van der Waals surface area contributed by atoms with Gasteiger partial charge in [0.2, 0.25) is 0 Å². The first-order valence-electron chi connectivity index (χ1n) is 6.29. The largest absolute Gasteiger partial charge is 0.493 e. The van der Waals surface area contributed by atoms with Crippen LogP contribution in [0.4, 0.5) is 0 Å². The molecule has 1 unspecified atom stereocenters. The Kier molecular flexibility index (Phi) is 4.92. The molecule has 17 heavy (non-hydrogen) atoms. The third-order valence-electron chi connectivity index (χ3n) is 3.23. The fourth-order valence-electron chi connectivity index (χ4n) is 2.25. The zero-order valence-electron chi connectivity index (χ0n) is 10.1. The van der Waals surface area contributed by atoms with Crippen molar-refractivity contribution in [3.8, 4) is 5.75 Å². The van der Waals surface area contributed by atoms with Crippen LogP contribution in [0.15, 0.2) is 16.6 Å². The molecule has 0 saturated heterocycles. The maximum absolute atomic E-state index is 5.74. The third-order valence-corrected chi connectivity index (χ3v) is 4.79. The highest BCUT2D eigenvalue weighted by molar-refractivity contribution is 9.10.